The molecule has 1 saturated heterocycles. The Bertz CT molecular complexity index is 965. The van der Waals surface area contributed by atoms with Gasteiger partial charge in [-0.15, -0.1) is 11.3 Å². The summed E-state index contributed by atoms with van der Waals surface area (Å²) in [5.41, 5.74) is 0.674. The molecule has 4 rings (SSSR count). The van der Waals surface area contributed by atoms with Crippen molar-refractivity contribution >= 4 is 34.7 Å². The van der Waals surface area contributed by atoms with E-state index in [1.807, 2.05) is 6.07 Å². The number of likely N-dealkylation sites (tertiary alicyclic amines) is 1. The van der Waals surface area contributed by atoms with E-state index in [1.54, 1.807) is 29.2 Å². The second-order valence-electron chi connectivity index (χ2n) is 7.30. The highest BCUT2D eigenvalue weighted by Gasteiger charge is 2.28. The Kier molecular flexibility index (Phi) is 5.89. The molecule has 3 heterocycles. The molecule has 0 atom stereocenters. The summed E-state index contributed by atoms with van der Waals surface area (Å²) in [5, 5.41) is 5.67. The Balaban J connectivity index is 1.28. The van der Waals surface area contributed by atoms with Crippen LogP contribution in [0, 0.1) is 5.92 Å². The van der Waals surface area contributed by atoms with Gasteiger partial charge in [0.2, 0.25) is 18.6 Å². The Labute approximate surface area is 178 Å². The van der Waals surface area contributed by atoms with Gasteiger partial charge in [0.15, 0.2) is 11.5 Å². The first-order chi connectivity index (χ1) is 14.5. The number of nitrogens with one attached hydrogen (secondary N) is 2. The zero-order chi connectivity index (χ0) is 21.1. The molecule has 1 aromatic carbocycles. The molecule has 1 fully saturated rings. The summed E-state index contributed by atoms with van der Waals surface area (Å²) in [6.45, 7) is 3.16. The van der Waals surface area contributed by atoms with Crippen molar-refractivity contribution in [1.29, 1.82) is 0 Å². The van der Waals surface area contributed by atoms with E-state index in [-0.39, 0.29) is 30.4 Å². The topological polar surface area (TPSA) is 97.0 Å². The molecule has 2 aliphatic rings. The van der Waals surface area contributed by atoms with Crippen LogP contribution in [-0.4, -0.2) is 42.5 Å². The van der Waals surface area contributed by atoms with Crippen molar-refractivity contribution < 1.29 is 23.9 Å². The number of piperidine rings is 1. The molecular weight excluding hydrogens is 406 g/mol. The predicted octanol–water partition coefficient (Wildman–Crippen LogP) is 2.60. The molecule has 8 nitrogen and oxygen atoms in total. The third-order valence-electron chi connectivity index (χ3n) is 5.18. The summed E-state index contributed by atoms with van der Waals surface area (Å²) in [6.07, 6.45) is 1.23. The fourth-order valence-electron chi connectivity index (χ4n) is 3.52. The highest BCUT2D eigenvalue weighted by molar-refractivity contribution is 7.14. The number of hydrogen-bond donors (Lipinski definition) is 2. The molecule has 9 heteroatoms. The number of carbonyl (C=O) groups is 3. The number of carbonyl (C=O) groups excluding carboxylic acids is 3. The SMILES string of the molecule is CC(=O)NCc1ccc(C(=O)N2CCC(C(=O)Nc3ccc4c(c3)OCO4)CC2)s1. The maximum absolute atomic E-state index is 12.7. The molecule has 158 valence electrons. The zero-order valence-electron chi connectivity index (χ0n) is 16.6. The lowest BCUT2D eigenvalue weighted by Crippen LogP contribution is -2.41. The van der Waals surface area contributed by atoms with Crippen molar-refractivity contribution in [3.8, 4) is 11.5 Å². The summed E-state index contributed by atoms with van der Waals surface area (Å²) in [5.74, 6) is 0.990. The summed E-state index contributed by atoms with van der Waals surface area (Å²) in [7, 11) is 0. The number of rotatable bonds is 5. The molecule has 0 bridgehead atoms. The van der Waals surface area contributed by atoms with Gasteiger partial charge in [0.1, 0.15) is 0 Å². The molecule has 2 aromatic rings. The van der Waals surface area contributed by atoms with E-state index in [0.29, 0.717) is 54.5 Å². The van der Waals surface area contributed by atoms with Gasteiger partial charge in [0.25, 0.3) is 5.91 Å². The van der Waals surface area contributed by atoms with Gasteiger partial charge < -0.3 is 25.0 Å². The fourth-order valence-corrected chi connectivity index (χ4v) is 4.43. The van der Waals surface area contributed by atoms with E-state index in [9.17, 15) is 14.4 Å². The van der Waals surface area contributed by atoms with Crippen LogP contribution in [0.15, 0.2) is 30.3 Å². The minimum Gasteiger partial charge on any atom is -0.454 e. The molecule has 2 N–H and O–H groups in total. The van der Waals surface area contributed by atoms with E-state index in [0.717, 1.165) is 4.88 Å². The quantitative estimate of drug-likeness (QED) is 0.762. The number of nitrogens with zero attached hydrogens (tertiary/aromatic N) is 1. The Morgan fingerprint density at radius 1 is 1.10 bits per heavy atom. The second kappa shape index (κ2) is 8.74. The van der Waals surface area contributed by atoms with Gasteiger partial charge in [-0.1, -0.05) is 0 Å². The third-order valence-corrected chi connectivity index (χ3v) is 6.25. The normalized spacial score (nSPS) is 15.7. The van der Waals surface area contributed by atoms with Gasteiger partial charge in [0, 0.05) is 42.6 Å². The van der Waals surface area contributed by atoms with Crippen molar-refractivity contribution in [3.63, 3.8) is 0 Å². The van der Waals surface area contributed by atoms with E-state index in [2.05, 4.69) is 10.6 Å². The Morgan fingerprint density at radius 3 is 2.63 bits per heavy atom. The minimum atomic E-state index is -0.141. The van der Waals surface area contributed by atoms with E-state index in [4.69, 9.17) is 9.47 Å². The van der Waals surface area contributed by atoms with E-state index >= 15 is 0 Å². The summed E-state index contributed by atoms with van der Waals surface area (Å²) in [4.78, 5) is 39.8. The van der Waals surface area contributed by atoms with Crippen molar-refractivity contribution in [2.75, 3.05) is 25.2 Å². The summed E-state index contributed by atoms with van der Waals surface area (Å²) < 4.78 is 10.6. The number of amides is 3. The maximum Gasteiger partial charge on any atom is 0.263 e. The number of anilines is 1. The molecule has 0 radical (unpaired) electrons. The number of benzene rings is 1. The molecule has 0 aliphatic carbocycles. The van der Waals surface area contributed by atoms with Crippen LogP contribution in [0.3, 0.4) is 0 Å². The largest absolute Gasteiger partial charge is 0.454 e. The van der Waals surface area contributed by atoms with Crippen LogP contribution in [-0.2, 0) is 16.1 Å². The lowest BCUT2D eigenvalue weighted by Gasteiger charge is -2.31. The summed E-state index contributed by atoms with van der Waals surface area (Å²) in [6, 6.07) is 8.98. The lowest BCUT2D eigenvalue weighted by molar-refractivity contribution is -0.121. The standard InChI is InChI=1S/C21H23N3O5S/c1-13(25)22-11-16-3-5-19(30-16)21(27)24-8-6-14(7-9-24)20(26)23-15-2-4-17-18(10-15)29-12-28-17/h2-5,10,14H,6-9,11-12H2,1H3,(H,22,25)(H,23,26). The van der Waals surface area contributed by atoms with E-state index < -0.39 is 0 Å². The molecule has 2 aliphatic heterocycles. The smallest absolute Gasteiger partial charge is 0.263 e. The molecule has 0 unspecified atom stereocenters. The number of thiophene rings is 1. The van der Waals surface area contributed by atoms with Gasteiger partial charge in [-0.05, 0) is 37.1 Å². The van der Waals surface area contributed by atoms with Crippen LogP contribution in [0.1, 0.15) is 34.3 Å². The van der Waals surface area contributed by atoms with Crippen LogP contribution in [0.5, 0.6) is 11.5 Å². The van der Waals surface area contributed by atoms with Crippen LogP contribution >= 0.6 is 11.3 Å². The van der Waals surface area contributed by atoms with Gasteiger partial charge >= 0.3 is 0 Å². The molecule has 3 amide bonds. The first kappa shape index (κ1) is 20.2. The molecule has 0 spiro atoms. The van der Waals surface area contributed by atoms with Crippen molar-refractivity contribution in [2.45, 2.75) is 26.3 Å². The third kappa shape index (κ3) is 4.56. The molecule has 1 aromatic heterocycles. The first-order valence-electron chi connectivity index (χ1n) is 9.82. The minimum absolute atomic E-state index is 0.0243. The maximum atomic E-state index is 12.7. The van der Waals surface area contributed by atoms with Gasteiger partial charge in [-0.25, -0.2) is 0 Å². The highest BCUT2D eigenvalue weighted by atomic mass is 32.1. The van der Waals surface area contributed by atoms with Crippen molar-refractivity contribution in [1.82, 2.24) is 10.2 Å². The molecule has 30 heavy (non-hydrogen) atoms. The Morgan fingerprint density at radius 2 is 1.87 bits per heavy atom. The van der Waals surface area contributed by atoms with Crippen LogP contribution in [0.4, 0.5) is 5.69 Å². The highest BCUT2D eigenvalue weighted by Crippen LogP contribution is 2.34. The second-order valence-corrected chi connectivity index (χ2v) is 8.47. The number of hydrogen-bond acceptors (Lipinski definition) is 6. The average molecular weight is 429 g/mol. The van der Waals surface area contributed by atoms with Crippen LogP contribution in [0.25, 0.3) is 0 Å². The Hall–Kier alpha value is -3.07. The predicted molar refractivity (Wildman–Crippen MR) is 112 cm³/mol. The monoisotopic (exact) mass is 429 g/mol. The average Bonchev–Trinajstić information content (AvgIpc) is 3.41. The molecule has 0 saturated carbocycles. The zero-order valence-corrected chi connectivity index (χ0v) is 17.4. The molecular formula is C21H23N3O5S. The summed E-state index contributed by atoms with van der Waals surface area (Å²) >= 11 is 1.39. The van der Waals surface area contributed by atoms with Gasteiger partial charge in [-0.2, -0.15) is 0 Å². The van der Waals surface area contributed by atoms with Crippen LogP contribution in [0.2, 0.25) is 0 Å². The van der Waals surface area contributed by atoms with Gasteiger partial charge in [0.05, 0.1) is 11.4 Å². The van der Waals surface area contributed by atoms with Crippen LogP contribution < -0.4 is 20.1 Å². The van der Waals surface area contributed by atoms with Crippen molar-refractivity contribution in [2.24, 2.45) is 5.92 Å². The van der Waals surface area contributed by atoms with Gasteiger partial charge in [-0.3, -0.25) is 14.4 Å². The van der Waals surface area contributed by atoms with E-state index in [1.165, 1.54) is 18.3 Å². The van der Waals surface area contributed by atoms with Crippen molar-refractivity contribution in [3.05, 3.63) is 40.1 Å². The number of fused-ring (bicyclic) bond motifs is 1. The fraction of sp³-hybridized carbons (Fsp3) is 0.381. The lowest BCUT2D eigenvalue weighted by atomic mass is 9.95. The first-order valence-corrected chi connectivity index (χ1v) is 10.6. The number of ether oxygens (including phenoxy) is 2.